The van der Waals surface area contributed by atoms with Gasteiger partial charge in [-0.3, -0.25) is 9.59 Å². The summed E-state index contributed by atoms with van der Waals surface area (Å²) in [6.45, 7) is 17.0. The van der Waals surface area contributed by atoms with Crippen molar-refractivity contribution in [2.24, 2.45) is 17.8 Å². The molecule has 1 saturated carbocycles. The lowest BCUT2D eigenvalue weighted by Gasteiger charge is -2.33. The zero-order valence-electron chi connectivity index (χ0n) is 33.1. The summed E-state index contributed by atoms with van der Waals surface area (Å²) in [5.74, 6) is 2.64. The maximum Gasteiger partial charge on any atom is 0.153 e. The number of aliphatic hydroxyl groups excluding tert-OH is 2. The third kappa shape index (κ3) is 20.8. The van der Waals surface area contributed by atoms with Crippen LogP contribution in [0.1, 0.15) is 103 Å². The van der Waals surface area contributed by atoms with Gasteiger partial charge in [0.25, 0.3) is 0 Å². The summed E-state index contributed by atoms with van der Waals surface area (Å²) in [6.07, 6.45) is 6.80. The number of hydrogen-bond acceptors (Lipinski definition) is 5. The number of aryl methyl sites for hydroxylation is 1. The van der Waals surface area contributed by atoms with Gasteiger partial charge in [-0.05, 0) is 72.3 Å². The van der Waals surface area contributed by atoms with Crippen molar-refractivity contribution in [3.05, 3.63) is 179 Å². The first-order valence-corrected chi connectivity index (χ1v) is 18.8. The van der Waals surface area contributed by atoms with E-state index in [0.717, 1.165) is 29.8 Å². The van der Waals surface area contributed by atoms with Crippen LogP contribution in [0.15, 0.2) is 146 Å². The Balaban J connectivity index is 0.000000325. The summed E-state index contributed by atoms with van der Waals surface area (Å²) in [5.41, 5.74) is 5.96. The Bertz CT molecular complexity index is 1620. The van der Waals surface area contributed by atoms with Crippen LogP contribution in [0.3, 0.4) is 0 Å². The first-order chi connectivity index (χ1) is 25.9. The van der Waals surface area contributed by atoms with Crippen LogP contribution in [0.2, 0.25) is 0 Å². The Morgan fingerprint density at radius 1 is 0.685 bits per heavy atom. The quantitative estimate of drug-likeness (QED) is 0.151. The zero-order chi connectivity index (χ0) is 40.1. The lowest BCUT2D eigenvalue weighted by Crippen LogP contribution is -2.31. The molecule has 5 aromatic rings. The Hall–Kier alpha value is -5.10. The second-order valence-electron chi connectivity index (χ2n) is 13.9. The van der Waals surface area contributed by atoms with E-state index in [0.29, 0.717) is 29.6 Å². The van der Waals surface area contributed by atoms with Crippen molar-refractivity contribution in [1.29, 1.82) is 0 Å². The van der Waals surface area contributed by atoms with Crippen LogP contribution in [0.5, 0.6) is 5.75 Å². The minimum Gasteiger partial charge on any atom is -0.507 e. The lowest BCUT2D eigenvalue weighted by molar-refractivity contribution is 0.0266. The third-order valence-electron chi connectivity index (χ3n) is 8.79. The topological polar surface area (TPSA) is 94.8 Å². The monoisotopic (exact) mass is 730 g/mol. The van der Waals surface area contributed by atoms with Crippen LogP contribution in [0.25, 0.3) is 6.08 Å². The molecule has 0 aromatic heterocycles. The summed E-state index contributed by atoms with van der Waals surface area (Å²) >= 11 is 0. The van der Waals surface area contributed by atoms with Gasteiger partial charge in [0, 0.05) is 5.56 Å². The van der Waals surface area contributed by atoms with Crippen molar-refractivity contribution >= 4 is 18.6 Å². The maximum atomic E-state index is 10.1. The van der Waals surface area contributed by atoms with E-state index in [1.54, 1.807) is 30.3 Å². The SMILES string of the molecule is C=Cc1ccccc1.CC1CCC(C(C)C)C(O)C1.Cc1ccc(C(C)C)cc1.O=Cc1ccccc1.O=Cc1ccccc1O.OCc1ccccc1. The molecule has 3 N–H and O–H groups in total. The normalized spacial score (nSPS) is 15.3. The Morgan fingerprint density at radius 2 is 1.19 bits per heavy atom. The summed E-state index contributed by atoms with van der Waals surface area (Å²) in [6, 6.07) is 43.8. The van der Waals surface area contributed by atoms with E-state index in [4.69, 9.17) is 10.2 Å². The number of aldehydes is 2. The lowest BCUT2D eigenvalue weighted by atomic mass is 9.75. The fraction of sp³-hybridized carbons (Fsp3) is 0.306. The fourth-order valence-electron chi connectivity index (χ4n) is 5.39. The highest BCUT2D eigenvalue weighted by Crippen LogP contribution is 2.33. The number of carbonyl (C=O) groups excluding carboxylic acids is 2. The number of aliphatic hydroxyl groups is 2. The van der Waals surface area contributed by atoms with Gasteiger partial charge in [0.15, 0.2) is 6.29 Å². The molecule has 1 aliphatic rings. The van der Waals surface area contributed by atoms with E-state index < -0.39 is 0 Å². The molecule has 0 spiro atoms. The van der Waals surface area contributed by atoms with Crippen molar-refractivity contribution in [2.45, 2.75) is 79.4 Å². The molecule has 0 aliphatic heterocycles. The number of aromatic hydroxyl groups is 1. The van der Waals surface area contributed by atoms with Crippen molar-refractivity contribution in [3.63, 3.8) is 0 Å². The van der Waals surface area contributed by atoms with Crippen LogP contribution in [0.4, 0.5) is 0 Å². The Kier molecular flexibility index (Phi) is 24.7. The predicted octanol–water partition coefficient (Wildman–Crippen LogP) is 11.8. The molecule has 1 fully saturated rings. The summed E-state index contributed by atoms with van der Waals surface area (Å²) in [4.78, 5) is 20.1. The number of phenolic OH excluding ortho intramolecular Hbond substituents is 1. The molecule has 0 bridgehead atoms. The number of para-hydroxylation sites is 1. The van der Waals surface area contributed by atoms with Crippen molar-refractivity contribution in [3.8, 4) is 5.75 Å². The van der Waals surface area contributed by atoms with Gasteiger partial charge in [0.1, 0.15) is 12.0 Å². The first-order valence-electron chi connectivity index (χ1n) is 18.8. The van der Waals surface area contributed by atoms with E-state index in [9.17, 15) is 14.7 Å². The van der Waals surface area contributed by atoms with Gasteiger partial charge in [-0.1, -0.05) is 187 Å². The molecule has 0 heterocycles. The highest BCUT2D eigenvalue weighted by molar-refractivity contribution is 5.78. The molecule has 5 aromatic carbocycles. The average molecular weight is 731 g/mol. The maximum absolute atomic E-state index is 10.1. The van der Waals surface area contributed by atoms with E-state index in [-0.39, 0.29) is 18.5 Å². The molecule has 0 saturated heterocycles. The minimum absolute atomic E-state index is 0.0289. The number of hydrogen-bond donors (Lipinski definition) is 3. The molecule has 6 rings (SSSR count). The van der Waals surface area contributed by atoms with Gasteiger partial charge in [-0.2, -0.15) is 0 Å². The minimum atomic E-state index is -0.0289. The van der Waals surface area contributed by atoms with E-state index in [2.05, 4.69) is 72.4 Å². The molecule has 0 radical (unpaired) electrons. The van der Waals surface area contributed by atoms with E-state index in [1.165, 1.54) is 35.6 Å². The molecule has 3 atom stereocenters. The van der Waals surface area contributed by atoms with Gasteiger partial charge in [-0.25, -0.2) is 0 Å². The highest BCUT2D eigenvalue weighted by atomic mass is 16.3. The molecule has 54 heavy (non-hydrogen) atoms. The van der Waals surface area contributed by atoms with Gasteiger partial charge in [0.05, 0.1) is 18.3 Å². The second-order valence-corrected chi connectivity index (χ2v) is 13.9. The largest absolute Gasteiger partial charge is 0.507 e. The molecule has 5 heteroatoms. The summed E-state index contributed by atoms with van der Waals surface area (Å²) in [7, 11) is 0. The second kappa shape index (κ2) is 28.4. The summed E-state index contributed by atoms with van der Waals surface area (Å²) in [5, 5.41) is 27.1. The zero-order valence-corrected chi connectivity index (χ0v) is 33.1. The van der Waals surface area contributed by atoms with E-state index in [1.807, 2.05) is 84.9 Å². The number of phenols is 1. The molecular weight excluding hydrogens is 669 g/mol. The van der Waals surface area contributed by atoms with Crippen LogP contribution in [0, 0.1) is 24.7 Å². The molecule has 0 amide bonds. The Morgan fingerprint density at radius 3 is 1.54 bits per heavy atom. The fourth-order valence-corrected chi connectivity index (χ4v) is 5.39. The molecule has 3 unspecified atom stereocenters. The van der Waals surface area contributed by atoms with Crippen molar-refractivity contribution in [2.75, 3.05) is 0 Å². The van der Waals surface area contributed by atoms with Gasteiger partial charge in [-0.15, -0.1) is 0 Å². The van der Waals surface area contributed by atoms with Crippen molar-refractivity contribution in [1.82, 2.24) is 0 Å². The van der Waals surface area contributed by atoms with Crippen molar-refractivity contribution < 1.29 is 24.9 Å². The smallest absolute Gasteiger partial charge is 0.153 e. The molecular formula is C49H62O5. The van der Waals surface area contributed by atoms with Crippen LogP contribution in [-0.4, -0.2) is 34.0 Å². The van der Waals surface area contributed by atoms with Crippen LogP contribution in [-0.2, 0) is 6.61 Å². The van der Waals surface area contributed by atoms with E-state index >= 15 is 0 Å². The van der Waals surface area contributed by atoms with Gasteiger partial charge >= 0.3 is 0 Å². The highest BCUT2D eigenvalue weighted by Gasteiger charge is 2.28. The molecule has 288 valence electrons. The molecule has 1 aliphatic carbocycles. The number of carbonyl (C=O) groups is 2. The number of benzene rings is 5. The number of rotatable bonds is 6. The van der Waals surface area contributed by atoms with Crippen LogP contribution < -0.4 is 0 Å². The first kappa shape index (κ1) is 46.9. The van der Waals surface area contributed by atoms with Crippen LogP contribution >= 0.6 is 0 Å². The van der Waals surface area contributed by atoms with Gasteiger partial charge < -0.3 is 15.3 Å². The van der Waals surface area contributed by atoms with Gasteiger partial charge in [0.2, 0.25) is 0 Å². The standard InChI is InChI=1S/C10H20O.C10H14.C8H8.C7H6O2.C7H8O.C7H6O/c1-7(2)9-5-4-8(3)6-10(9)11;1-8(2)10-6-4-9(3)5-7-10;1-2-8-6-4-3-5-7-8;8-5-6-3-1-2-4-7(6)9;2*8-6-7-4-2-1-3-5-7/h7-11H,4-6H2,1-3H3;4-8H,1-3H3;2-7H,1H2;1-5,9H;1-5,8H,6H2;1-6H. The predicted molar refractivity (Wildman–Crippen MR) is 227 cm³/mol. The average Bonchev–Trinajstić information content (AvgIpc) is 3.20. The molecule has 5 nitrogen and oxygen atoms in total. The summed E-state index contributed by atoms with van der Waals surface area (Å²) < 4.78 is 0. The Labute approximate surface area is 325 Å². The third-order valence-corrected chi connectivity index (χ3v) is 8.79.